The minimum absolute atomic E-state index is 0.0902. The van der Waals surface area contributed by atoms with Crippen molar-refractivity contribution in [1.29, 1.82) is 0 Å². The fourth-order valence-corrected chi connectivity index (χ4v) is 1.11. The van der Waals surface area contributed by atoms with Crippen molar-refractivity contribution in [3.63, 3.8) is 0 Å². The van der Waals surface area contributed by atoms with Crippen LogP contribution in [-0.4, -0.2) is 34.8 Å². The average Bonchev–Trinajstić information content (AvgIpc) is 2.25. The highest BCUT2D eigenvalue weighted by Gasteiger charge is 2.33. The normalized spacial score (nSPS) is 11.4. The van der Waals surface area contributed by atoms with Crippen LogP contribution in [0.5, 0.6) is 0 Å². The zero-order valence-electron chi connectivity index (χ0n) is 9.17. The van der Waals surface area contributed by atoms with Crippen LogP contribution in [0.25, 0.3) is 0 Å². The predicted molar refractivity (Wildman–Crippen MR) is 56.8 cm³/mol. The largest absolute Gasteiger partial charge is 0.433 e. The van der Waals surface area contributed by atoms with Crippen molar-refractivity contribution in [1.82, 2.24) is 9.97 Å². The average molecular weight is 250 g/mol. The third kappa shape index (κ3) is 4.06. The highest BCUT2D eigenvalue weighted by atomic mass is 19.4. The molecule has 1 aromatic rings. The number of nitrogens with one attached hydrogen (secondary N) is 2. The molecule has 0 radical (unpaired) electrons. The highest BCUT2D eigenvalue weighted by molar-refractivity contribution is 5.43. The fourth-order valence-electron chi connectivity index (χ4n) is 1.11. The number of rotatable bonds is 5. The third-order valence-corrected chi connectivity index (χ3v) is 1.77. The van der Waals surface area contributed by atoms with Gasteiger partial charge in [-0.1, -0.05) is 0 Å². The van der Waals surface area contributed by atoms with Gasteiger partial charge >= 0.3 is 6.18 Å². The van der Waals surface area contributed by atoms with Gasteiger partial charge in [-0.3, -0.25) is 0 Å². The minimum Gasteiger partial charge on any atom is -0.395 e. The lowest BCUT2D eigenvalue weighted by Gasteiger charge is -2.11. The maximum absolute atomic E-state index is 12.5. The lowest BCUT2D eigenvalue weighted by atomic mass is 10.3. The van der Waals surface area contributed by atoms with E-state index in [0.717, 1.165) is 6.07 Å². The first-order valence-corrected chi connectivity index (χ1v) is 5.02. The van der Waals surface area contributed by atoms with Gasteiger partial charge in [0.25, 0.3) is 0 Å². The number of alkyl halides is 3. The molecule has 17 heavy (non-hydrogen) atoms. The molecule has 0 fully saturated rings. The molecule has 0 spiro atoms. The number of halogens is 3. The van der Waals surface area contributed by atoms with Gasteiger partial charge in [-0.05, 0) is 6.92 Å². The van der Waals surface area contributed by atoms with Crippen LogP contribution in [0.3, 0.4) is 0 Å². The first-order valence-electron chi connectivity index (χ1n) is 5.02. The Morgan fingerprint density at radius 3 is 2.53 bits per heavy atom. The summed E-state index contributed by atoms with van der Waals surface area (Å²) in [7, 11) is 0. The first-order chi connectivity index (χ1) is 7.97. The predicted octanol–water partition coefficient (Wildman–Crippen LogP) is 1.33. The van der Waals surface area contributed by atoms with Crippen LogP contribution >= 0.6 is 0 Å². The van der Waals surface area contributed by atoms with Gasteiger partial charge in [-0.2, -0.15) is 18.2 Å². The molecule has 1 heterocycles. The van der Waals surface area contributed by atoms with Crippen LogP contribution in [0, 0.1) is 0 Å². The van der Waals surface area contributed by atoms with Crippen LogP contribution in [0.1, 0.15) is 12.6 Å². The molecule has 0 aliphatic heterocycles. The van der Waals surface area contributed by atoms with Crippen molar-refractivity contribution in [3.05, 3.63) is 11.8 Å². The molecule has 0 atom stereocenters. The van der Waals surface area contributed by atoms with Gasteiger partial charge in [-0.25, -0.2) is 4.98 Å². The molecule has 0 amide bonds. The van der Waals surface area contributed by atoms with E-state index in [2.05, 4.69) is 20.6 Å². The number of aromatic nitrogens is 2. The Labute approximate surface area is 96.1 Å². The molecule has 0 aliphatic carbocycles. The Balaban J connectivity index is 3.01. The van der Waals surface area contributed by atoms with Gasteiger partial charge in [0, 0.05) is 19.2 Å². The molecule has 1 rings (SSSR count). The molecular weight excluding hydrogens is 237 g/mol. The number of anilines is 2. The number of aliphatic hydroxyl groups excluding tert-OH is 1. The summed E-state index contributed by atoms with van der Waals surface area (Å²) in [4.78, 5) is 7.16. The second-order valence-corrected chi connectivity index (χ2v) is 3.14. The van der Waals surface area contributed by atoms with E-state index >= 15 is 0 Å². The molecule has 3 N–H and O–H groups in total. The molecule has 0 saturated carbocycles. The Morgan fingerprint density at radius 1 is 1.29 bits per heavy atom. The summed E-state index contributed by atoms with van der Waals surface area (Å²) in [6, 6.07) is 0.841. The Hall–Kier alpha value is -1.57. The number of hydrogen-bond acceptors (Lipinski definition) is 5. The summed E-state index contributed by atoms with van der Waals surface area (Å²) in [6.45, 7) is 2.08. The Bertz CT molecular complexity index is 370. The fraction of sp³-hybridized carbons (Fsp3) is 0.556. The van der Waals surface area contributed by atoms with E-state index in [-0.39, 0.29) is 24.9 Å². The van der Waals surface area contributed by atoms with E-state index in [1.165, 1.54) is 0 Å². The summed E-state index contributed by atoms with van der Waals surface area (Å²) >= 11 is 0. The Morgan fingerprint density at radius 2 is 2.00 bits per heavy atom. The number of aliphatic hydroxyl groups is 1. The molecule has 0 aromatic carbocycles. The lowest BCUT2D eigenvalue weighted by molar-refractivity contribution is -0.141. The highest BCUT2D eigenvalue weighted by Crippen LogP contribution is 2.29. The minimum atomic E-state index is -4.53. The zero-order chi connectivity index (χ0) is 12.9. The van der Waals surface area contributed by atoms with Crippen LogP contribution in [0.2, 0.25) is 0 Å². The van der Waals surface area contributed by atoms with Crippen molar-refractivity contribution >= 4 is 11.8 Å². The number of hydrogen-bond donors (Lipinski definition) is 3. The van der Waals surface area contributed by atoms with Crippen molar-refractivity contribution < 1.29 is 18.3 Å². The monoisotopic (exact) mass is 250 g/mol. The molecule has 0 bridgehead atoms. The number of nitrogens with zero attached hydrogens (tertiary/aromatic N) is 2. The summed E-state index contributed by atoms with van der Waals surface area (Å²) in [5.41, 5.74) is -1.02. The van der Waals surface area contributed by atoms with Crippen molar-refractivity contribution in [2.24, 2.45) is 0 Å². The van der Waals surface area contributed by atoms with E-state index in [1.54, 1.807) is 6.92 Å². The summed E-state index contributed by atoms with van der Waals surface area (Å²) < 4.78 is 37.5. The van der Waals surface area contributed by atoms with E-state index < -0.39 is 11.9 Å². The van der Waals surface area contributed by atoms with Gasteiger partial charge in [0.2, 0.25) is 5.95 Å². The molecule has 0 saturated heterocycles. The second-order valence-electron chi connectivity index (χ2n) is 3.14. The summed E-state index contributed by atoms with van der Waals surface area (Å²) in [5, 5.41) is 13.8. The maximum atomic E-state index is 12.5. The smallest absolute Gasteiger partial charge is 0.395 e. The first kappa shape index (κ1) is 13.5. The standard InChI is InChI=1S/C9H13F3N4O/c1-2-13-7-5-6(9(10,11)12)15-8(16-7)14-3-4-17/h5,17H,2-4H2,1H3,(H2,13,14,15,16). The summed E-state index contributed by atoms with van der Waals surface area (Å²) in [5.74, 6) is -0.0694. The molecule has 8 heteroatoms. The van der Waals surface area contributed by atoms with Crippen LogP contribution in [0.4, 0.5) is 24.9 Å². The third-order valence-electron chi connectivity index (χ3n) is 1.77. The van der Waals surface area contributed by atoms with Crippen LogP contribution in [-0.2, 0) is 6.18 Å². The van der Waals surface area contributed by atoms with Gasteiger partial charge in [-0.15, -0.1) is 0 Å². The van der Waals surface area contributed by atoms with Crippen LogP contribution in [0.15, 0.2) is 6.07 Å². The second kappa shape index (κ2) is 5.67. The lowest BCUT2D eigenvalue weighted by Crippen LogP contribution is -2.15. The van der Waals surface area contributed by atoms with E-state index in [1.807, 2.05) is 0 Å². The zero-order valence-corrected chi connectivity index (χ0v) is 9.17. The molecule has 1 aromatic heterocycles. The van der Waals surface area contributed by atoms with Crippen molar-refractivity contribution in [3.8, 4) is 0 Å². The van der Waals surface area contributed by atoms with Gasteiger partial charge in [0.1, 0.15) is 5.82 Å². The Kier molecular flexibility index (Phi) is 4.50. The van der Waals surface area contributed by atoms with Gasteiger partial charge < -0.3 is 15.7 Å². The van der Waals surface area contributed by atoms with E-state index in [9.17, 15) is 13.2 Å². The SMILES string of the molecule is CCNc1cc(C(F)(F)F)nc(NCCO)n1. The summed E-state index contributed by atoms with van der Waals surface area (Å²) in [6.07, 6.45) is -4.53. The molecule has 0 unspecified atom stereocenters. The molecule has 5 nitrogen and oxygen atoms in total. The van der Waals surface area contributed by atoms with Crippen molar-refractivity contribution in [2.45, 2.75) is 13.1 Å². The topological polar surface area (TPSA) is 70.1 Å². The van der Waals surface area contributed by atoms with E-state index in [0.29, 0.717) is 6.54 Å². The van der Waals surface area contributed by atoms with Gasteiger partial charge in [0.15, 0.2) is 5.69 Å². The quantitative estimate of drug-likeness (QED) is 0.735. The molecule has 0 aliphatic rings. The van der Waals surface area contributed by atoms with Crippen LogP contribution < -0.4 is 10.6 Å². The molecule has 96 valence electrons. The van der Waals surface area contributed by atoms with E-state index in [4.69, 9.17) is 5.11 Å². The molecular formula is C9H13F3N4O. The maximum Gasteiger partial charge on any atom is 0.433 e. The van der Waals surface area contributed by atoms with Gasteiger partial charge in [0.05, 0.1) is 6.61 Å². The van der Waals surface area contributed by atoms with Crippen molar-refractivity contribution in [2.75, 3.05) is 30.3 Å².